The zero-order chi connectivity index (χ0) is 12.8. The normalized spacial score (nSPS) is 19.0. The fourth-order valence-corrected chi connectivity index (χ4v) is 2.63. The highest BCUT2D eigenvalue weighted by Gasteiger charge is 2.16. The summed E-state index contributed by atoms with van der Waals surface area (Å²) in [5.41, 5.74) is 0.990. The summed E-state index contributed by atoms with van der Waals surface area (Å²) in [7, 11) is 1.66. The topological polar surface area (TPSA) is 47.3 Å². The molecule has 1 fully saturated rings. The molecule has 1 unspecified atom stereocenters. The van der Waals surface area contributed by atoms with Gasteiger partial charge in [-0.1, -0.05) is 19.3 Å². The van der Waals surface area contributed by atoms with Crippen molar-refractivity contribution < 1.29 is 9.84 Å². The van der Waals surface area contributed by atoms with E-state index in [0.717, 1.165) is 5.69 Å². The van der Waals surface area contributed by atoms with E-state index in [1.54, 1.807) is 7.11 Å². The summed E-state index contributed by atoms with van der Waals surface area (Å²) in [6.45, 7) is 0.602. The Morgan fingerprint density at radius 2 is 2.22 bits per heavy atom. The number of hydrogen-bond acceptors (Lipinski definition) is 3. The van der Waals surface area contributed by atoms with Crippen LogP contribution < -0.4 is 0 Å². The van der Waals surface area contributed by atoms with E-state index in [2.05, 4.69) is 16.0 Å². The predicted molar refractivity (Wildman–Crippen MR) is 70.6 cm³/mol. The third kappa shape index (κ3) is 3.82. The summed E-state index contributed by atoms with van der Waals surface area (Å²) in [6, 6.07) is 2.61. The van der Waals surface area contributed by atoms with E-state index in [-0.39, 0.29) is 6.10 Å². The molecular formula is C14H24N2O2. The third-order valence-electron chi connectivity index (χ3n) is 3.71. The van der Waals surface area contributed by atoms with Crippen molar-refractivity contribution in [3.63, 3.8) is 0 Å². The molecule has 0 radical (unpaired) electrons. The summed E-state index contributed by atoms with van der Waals surface area (Å²) in [5.74, 6) is 0. The van der Waals surface area contributed by atoms with Crippen molar-refractivity contribution in [2.75, 3.05) is 13.7 Å². The molecule has 0 aliphatic heterocycles. The van der Waals surface area contributed by atoms with Crippen molar-refractivity contribution >= 4 is 0 Å². The number of aromatic nitrogens is 2. The molecule has 2 rings (SSSR count). The smallest absolute Gasteiger partial charge is 0.0650 e. The highest BCUT2D eigenvalue weighted by atomic mass is 16.5. The van der Waals surface area contributed by atoms with Crippen LogP contribution in [0.25, 0.3) is 0 Å². The molecule has 1 saturated carbocycles. The maximum Gasteiger partial charge on any atom is 0.0650 e. The highest BCUT2D eigenvalue weighted by Crippen LogP contribution is 2.27. The van der Waals surface area contributed by atoms with E-state index in [4.69, 9.17) is 4.74 Å². The Labute approximate surface area is 109 Å². The zero-order valence-corrected chi connectivity index (χ0v) is 11.2. The molecule has 4 heteroatoms. The van der Waals surface area contributed by atoms with Gasteiger partial charge in [-0.25, -0.2) is 0 Å². The molecule has 1 heterocycles. The standard InChI is InChI=1S/C14H24N2O2/c1-18-10-8-14(17)11-12-7-9-16(15-12)13-5-3-2-4-6-13/h7,9,13-14,17H,2-6,8,10-11H2,1H3. The summed E-state index contributed by atoms with van der Waals surface area (Å²) >= 11 is 0. The van der Waals surface area contributed by atoms with Gasteiger partial charge in [0.2, 0.25) is 0 Å². The van der Waals surface area contributed by atoms with Crippen molar-refractivity contribution in [3.05, 3.63) is 18.0 Å². The highest BCUT2D eigenvalue weighted by molar-refractivity contribution is 5.01. The minimum atomic E-state index is -0.348. The first-order valence-electron chi connectivity index (χ1n) is 7.00. The van der Waals surface area contributed by atoms with Crippen LogP contribution in [-0.4, -0.2) is 34.7 Å². The van der Waals surface area contributed by atoms with Crippen molar-refractivity contribution in [3.8, 4) is 0 Å². The van der Waals surface area contributed by atoms with E-state index in [0.29, 0.717) is 25.5 Å². The fraction of sp³-hybridized carbons (Fsp3) is 0.786. The molecule has 1 N–H and O–H groups in total. The molecule has 4 nitrogen and oxygen atoms in total. The third-order valence-corrected chi connectivity index (χ3v) is 3.71. The lowest BCUT2D eigenvalue weighted by Crippen LogP contribution is -2.16. The summed E-state index contributed by atoms with van der Waals surface area (Å²) in [6.07, 6.45) is 9.50. The van der Waals surface area contributed by atoms with E-state index in [9.17, 15) is 5.11 Å². The number of ether oxygens (including phenoxy) is 1. The maximum atomic E-state index is 9.82. The molecule has 0 amide bonds. The Balaban J connectivity index is 1.85. The summed E-state index contributed by atoms with van der Waals surface area (Å²) < 4.78 is 7.06. The monoisotopic (exact) mass is 252 g/mol. The van der Waals surface area contributed by atoms with Crippen LogP contribution >= 0.6 is 0 Å². The Morgan fingerprint density at radius 1 is 1.44 bits per heavy atom. The molecule has 18 heavy (non-hydrogen) atoms. The van der Waals surface area contributed by atoms with Crippen molar-refractivity contribution in [2.24, 2.45) is 0 Å². The SMILES string of the molecule is COCCC(O)Cc1ccn(C2CCCCC2)n1. The van der Waals surface area contributed by atoms with Gasteiger partial charge in [-0.2, -0.15) is 5.10 Å². The molecule has 0 saturated heterocycles. The van der Waals surface area contributed by atoms with E-state index in [1.165, 1.54) is 32.1 Å². The minimum Gasteiger partial charge on any atom is -0.393 e. The number of hydrogen-bond donors (Lipinski definition) is 1. The van der Waals surface area contributed by atoms with Crippen molar-refractivity contribution in [2.45, 2.75) is 57.1 Å². The number of nitrogens with zero attached hydrogens (tertiary/aromatic N) is 2. The number of aliphatic hydroxyl groups excluding tert-OH is 1. The van der Waals surface area contributed by atoms with Crippen LogP contribution in [-0.2, 0) is 11.2 Å². The molecular weight excluding hydrogens is 228 g/mol. The number of methoxy groups -OCH3 is 1. The quantitative estimate of drug-likeness (QED) is 0.845. The van der Waals surface area contributed by atoms with Crippen LogP contribution in [0.4, 0.5) is 0 Å². The predicted octanol–water partition coefficient (Wildman–Crippen LogP) is 2.33. The lowest BCUT2D eigenvalue weighted by Gasteiger charge is -2.21. The maximum absolute atomic E-state index is 9.82. The van der Waals surface area contributed by atoms with Crippen molar-refractivity contribution in [1.29, 1.82) is 0 Å². The second kappa shape index (κ2) is 6.90. The van der Waals surface area contributed by atoms with Gasteiger partial charge in [-0.05, 0) is 25.3 Å². The van der Waals surface area contributed by atoms with Crippen LogP contribution in [0.1, 0.15) is 50.3 Å². The van der Waals surface area contributed by atoms with Crippen LogP contribution in [0.5, 0.6) is 0 Å². The molecule has 1 atom stereocenters. The second-order valence-corrected chi connectivity index (χ2v) is 5.22. The van der Waals surface area contributed by atoms with Gasteiger partial charge in [0.1, 0.15) is 0 Å². The van der Waals surface area contributed by atoms with Crippen LogP contribution in [0, 0.1) is 0 Å². The van der Waals surface area contributed by atoms with Gasteiger partial charge in [-0.15, -0.1) is 0 Å². The lowest BCUT2D eigenvalue weighted by molar-refractivity contribution is 0.109. The van der Waals surface area contributed by atoms with Gasteiger partial charge in [0, 0.05) is 26.3 Å². The van der Waals surface area contributed by atoms with Crippen LogP contribution in [0.2, 0.25) is 0 Å². The fourth-order valence-electron chi connectivity index (χ4n) is 2.63. The van der Waals surface area contributed by atoms with Gasteiger partial charge in [0.25, 0.3) is 0 Å². The largest absolute Gasteiger partial charge is 0.393 e. The minimum absolute atomic E-state index is 0.348. The second-order valence-electron chi connectivity index (χ2n) is 5.22. The van der Waals surface area contributed by atoms with Gasteiger partial charge in [0.15, 0.2) is 0 Å². The molecule has 1 aliphatic carbocycles. The molecule has 1 aliphatic rings. The Morgan fingerprint density at radius 3 is 2.94 bits per heavy atom. The Kier molecular flexibility index (Phi) is 5.20. The van der Waals surface area contributed by atoms with Gasteiger partial charge < -0.3 is 9.84 Å². The van der Waals surface area contributed by atoms with Gasteiger partial charge in [-0.3, -0.25) is 4.68 Å². The first-order valence-corrected chi connectivity index (χ1v) is 7.00. The molecule has 0 aromatic carbocycles. The molecule has 0 spiro atoms. The van der Waals surface area contributed by atoms with Crippen LogP contribution in [0.15, 0.2) is 12.3 Å². The summed E-state index contributed by atoms with van der Waals surface area (Å²) in [5, 5.41) is 14.4. The molecule has 1 aromatic rings. The first-order chi connectivity index (χ1) is 8.79. The average molecular weight is 252 g/mol. The van der Waals surface area contributed by atoms with E-state index in [1.807, 2.05) is 6.07 Å². The molecule has 1 aromatic heterocycles. The lowest BCUT2D eigenvalue weighted by atomic mass is 9.96. The molecule has 102 valence electrons. The molecule has 0 bridgehead atoms. The van der Waals surface area contributed by atoms with Crippen LogP contribution in [0.3, 0.4) is 0 Å². The average Bonchev–Trinajstić information content (AvgIpc) is 2.86. The van der Waals surface area contributed by atoms with Crippen molar-refractivity contribution in [1.82, 2.24) is 9.78 Å². The number of aliphatic hydroxyl groups is 1. The van der Waals surface area contributed by atoms with Gasteiger partial charge in [0.05, 0.1) is 17.8 Å². The van der Waals surface area contributed by atoms with E-state index < -0.39 is 0 Å². The van der Waals surface area contributed by atoms with E-state index >= 15 is 0 Å². The zero-order valence-electron chi connectivity index (χ0n) is 11.2. The first kappa shape index (κ1) is 13.6. The summed E-state index contributed by atoms with van der Waals surface area (Å²) in [4.78, 5) is 0. The number of rotatable bonds is 6. The van der Waals surface area contributed by atoms with Gasteiger partial charge >= 0.3 is 0 Å². The Bertz CT molecular complexity index is 345. The Hall–Kier alpha value is -0.870.